The Morgan fingerprint density at radius 1 is 1.53 bits per heavy atom. The van der Waals surface area contributed by atoms with Crippen LogP contribution in [-0.2, 0) is 4.79 Å². The number of hydrogen-bond acceptors (Lipinski definition) is 2. The van der Waals surface area contributed by atoms with Crippen LogP contribution in [0, 0.1) is 18.3 Å². The fourth-order valence-corrected chi connectivity index (χ4v) is 2.72. The zero-order valence-electron chi connectivity index (χ0n) is 9.56. The predicted molar refractivity (Wildman–Crippen MR) is 61.2 cm³/mol. The first-order valence-corrected chi connectivity index (χ1v) is 5.85. The molecule has 92 valence electrons. The molecule has 3 unspecified atom stereocenters. The Bertz CT molecular complexity index is 374. The molecule has 3 atom stereocenters. The van der Waals surface area contributed by atoms with Crippen LogP contribution in [-0.4, -0.2) is 40.6 Å². The number of carboxylic acids is 1. The van der Waals surface area contributed by atoms with E-state index in [2.05, 4.69) is 11.2 Å². The van der Waals surface area contributed by atoms with Gasteiger partial charge in [-0.05, 0) is 25.2 Å². The van der Waals surface area contributed by atoms with E-state index in [0.717, 1.165) is 19.4 Å². The molecule has 2 bridgehead atoms. The number of urea groups is 1. The molecule has 1 saturated carbocycles. The number of amides is 2. The number of nitrogens with zero attached hydrogens (tertiary/aromatic N) is 1. The van der Waals surface area contributed by atoms with E-state index in [0.29, 0.717) is 12.0 Å². The third kappa shape index (κ3) is 2.36. The first-order chi connectivity index (χ1) is 8.11. The number of likely N-dealkylation sites (tertiary alicyclic amines) is 1. The van der Waals surface area contributed by atoms with Crippen molar-refractivity contribution in [3.05, 3.63) is 0 Å². The lowest BCUT2D eigenvalue weighted by molar-refractivity contribution is -0.139. The normalized spacial score (nSPS) is 27.6. The predicted octanol–water partition coefficient (Wildman–Crippen LogP) is 0.657. The van der Waals surface area contributed by atoms with Crippen LogP contribution >= 0.6 is 0 Å². The van der Waals surface area contributed by atoms with Crippen molar-refractivity contribution in [3.63, 3.8) is 0 Å². The number of hydrogen-bond donors (Lipinski definition) is 2. The van der Waals surface area contributed by atoms with Crippen molar-refractivity contribution in [2.45, 2.75) is 37.8 Å². The van der Waals surface area contributed by atoms with Crippen molar-refractivity contribution in [1.29, 1.82) is 0 Å². The third-order valence-corrected chi connectivity index (χ3v) is 3.59. The molecule has 0 aromatic rings. The minimum atomic E-state index is -1.08. The Labute approximate surface area is 100 Å². The van der Waals surface area contributed by atoms with E-state index in [4.69, 9.17) is 11.5 Å². The van der Waals surface area contributed by atoms with Gasteiger partial charge in [0.15, 0.2) is 0 Å². The van der Waals surface area contributed by atoms with Crippen LogP contribution < -0.4 is 5.32 Å². The standard InChI is InChI=1S/C12H16N2O3/c1-2-3-10(11(15)16)13-12(17)14-7-8-4-5-9(14)6-8/h1,8-10H,3-7H2,(H,13,17)(H,15,16). The van der Waals surface area contributed by atoms with Gasteiger partial charge in [0.1, 0.15) is 6.04 Å². The summed E-state index contributed by atoms with van der Waals surface area (Å²) in [6, 6.07) is -0.980. The van der Waals surface area contributed by atoms with Gasteiger partial charge in [0.2, 0.25) is 0 Å². The highest BCUT2D eigenvalue weighted by atomic mass is 16.4. The van der Waals surface area contributed by atoms with E-state index in [-0.39, 0.29) is 12.5 Å². The number of carbonyl (C=O) groups excluding carboxylic acids is 1. The maximum absolute atomic E-state index is 11.9. The van der Waals surface area contributed by atoms with Crippen LogP contribution in [0.1, 0.15) is 25.7 Å². The van der Waals surface area contributed by atoms with Gasteiger partial charge in [0, 0.05) is 19.0 Å². The fourth-order valence-electron chi connectivity index (χ4n) is 2.72. The van der Waals surface area contributed by atoms with Gasteiger partial charge in [0.05, 0.1) is 0 Å². The molecule has 2 aliphatic rings. The quantitative estimate of drug-likeness (QED) is 0.707. The van der Waals surface area contributed by atoms with Gasteiger partial charge < -0.3 is 15.3 Å². The molecule has 2 rings (SSSR count). The molecule has 2 N–H and O–H groups in total. The summed E-state index contributed by atoms with van der Waals surface area (Å²) in [5.41, 5.74) is 0. The maximum Gasteiger partial charge on any atom is 0.327 e. The number of rotatable bonds is 3. The van der Waals surface area contributed by atoms with Gasteiger partial charge in [-0.15, -0.1) is 12.3 Å². The minimum absolute atomic E-state index is 0.0169. The summed E-state index contributed by atoms with van der Waals surface area (Å²) in [6.07, 6.45) is 8.37. The lowest BCUT2D eigenvalue weighted by Gasteiger charge is -2.28. The smallest absolute Gasteiger partial charge is 0.327 e. The van der Waals surface area contributed by atoms with Gasteiger partial charge in [-0.1, -0.05) is 0 Å². The van der Waals surface area contributed by atoms with Crippen LogP contribution in [0.4, 0.5) is 4.79 Å². The second kappa shape index (κ2) is 4.66. The molecule has 0 aromatic carbocycles. The summed E-state index contributed by atoms with van der Waals surface area (Å²) < 4.78 is 0. The summed E-state index contributed by atoms with van der Waals surface area (Å²) in [4.78, 5) is 24.5. The lowest BCUT2D eigenvalue weighted by atomic mass is 10.1. The number of aliphatic carboxylic acids is 1. The zero-order chi connectivity index (χ0) is 12.4. The SMILES string of the molecule is C#CCC(NC(=O)N1CC2CCC1C2)C(=O)O. The van der Waals surface area contributed by atoms with E-state index in [1.807, 2.05) is 0 Å². The van der Waals surface area contributed by atoms with Crippen LogP contribution in [0.15, 0.2) is 0 Å². The number of carboxylic acid groups (broad SMARTS) is 1. The molecule has 5 nitrogen and oxygen atoms in total. The Morgan fingerprint density at radius 3 is 2.76 bits per heavy atom. The number of fused-ring (bicyclic) bond motifs is 2. The van der Waals surface area contributed by atoms with Gasteiger partial charge >= 0.3 is 12.0 Å². The van der Waals surface area contributed by atoms with E-state index in [1.165, 1.54) is 6.42 Å². The van der Waals surface area contributed by atoms with Crippen LogP contribution in [0.5, 0.6) is 0 Å². The van der Waals surface area contributed by atoms with Crippen molar-refractivity contribution in [2.75, 3.05) is 6.54 Å². The topological polar surface area (TPSA) is 69.6 Å². The second-order valence-electron chi connectivity index (χ2n) is 4.73. The van der Waals surface area contributed by atoms with Crippen molar-refractivity contribution in [1.82, 2.24) is 10.2 Å². The molecule has 1 saturated heterocycles. The largest absolute Gasteiger partial charge is 0.480 e. The summed E-state index contributed by atoms with van der Waals surface area (Å²) in [5, 5.41) is 11.4. The molecule has 2 amide bonds. The van der Waals surface area contributed by atoms with Crippen molar-refractivity contribution in [2.24, 2.45) is 5.92 Å². The average molecular weight is 236 g/mol. The van der Waals surface area contributed by atoms with Crippen molar-refractivity contribution in [3.8, 4) is 12.3 Å². The molecule has 0 aromatic heterocycles. The Balaban J connectivity index is 1.92. The van der Waals surface area contributed by atoms with Crippen molar-refractivity contribution >= 4 is 12.0 Å². The average Bonchev–Trinajstić information content (AvgIpc) is 2.89. The minimum Gasteiger partial charge on any atom is -0.480 e. The van der Waals surface area contributed by atoms with E-state index < -0.39 is 12.0 Å². The summed E-state index contributed by atoms with van der Waals surface area (Å²) >= 11 is 0. The van der Waals surface area contributed by atoms with Crippen LogP contribution in [0.3, 0.4) is 0 Å². The van der Waals surface area contributed by atoms with Crippen LogP contribution in [0.25, 0.3) is 0 Å². The maximum atomic E-state index is 11.9. The van der Waals surface area contributed by atoms with E-state index >= 15 is 0 Å². The summed E-state index contributed by atoms with van der Waals surface area (Å²) in [5.74, 6) is 1.78. The highest BCUT2D eigenvalue weighted by Crippen LogP contribution is 2.37. The molecule has 5 heteroatoms. The lowest BCUT2D eigenvalue weighted by Crippen LogP contribution is -2.50. The Kier molecular flexibility index (Phi) is 3.23. The summed E-state index contributed by atoms with van der Waals surface area (Å²) in [6.45, 7) is 0.749. The zero-order valence-corrected chi connectivity index (χ0v) is 9.56. The van der Waals surface area contributed by atoms with Crippen molar-refractivity contribution < 1.29 is 14.7 Å². The highest BCUT2D eigenvalue weighted by Gasteiger charge is 2.40. The monoisotopic (exact) mass is 236 g/mol. The van der Waals surface area contributed by atoms with Gasteiger partial charge in [-0.25, -0.2) is 9.59 Å². The number of nitrogens with one attached hydrogen (secondary N) is 1. The Morgan fingerprint density at radius 2 is 2.29 bits per heavy atom. The summed E-state index contributed by atoms with van der Waals surface area (Å²) in [7, 11) is 0. The molecule has 1 aliphatic heterocycles. The van der Waals surface area contributed by atoms with Gasteiger partial charge in [-0.3, -0.25) is 0 Å². The fraction of sp³-hybridized carbons (Fsp3) is 0.667. The second-order valence-corrected chi connectivity index (χ2v) is 4.73. The molecule has 1 heterocycles. The molecule has 2 fully saturated rings. The molecule has 0 spiro atoms. The number of carbonyl (C=O) groups is 2. The molecule has 17 heavy (non-hydrogen) atoms. The van der Waals surface area contributed by atoms with E-state index in [1.54, 1.807) is 4.90 Å². The first-order valence-electron chi connectivity index (χ1n) is 5.85. The highest BCUT2D eigenvalue weighted by molar-refractivity contribution is 5.83. The molecular formula is C12H16N2O3. The van der Waals surface area contributed by atoms with Gasteiger partial charge in [-0.2, -0.15) is 0 Å². The first kappa shape index (κ1) is 11.8. The molecule has 1 aliphatic carbocycles. The number of terminal acetylenes is 1. The van der Waals surface area contributed by atoms with E-state index in [9.17, 15) is 9.59 Å². The number of piperidine rings is 1. The molecule has 0 radical (unpaired) electrons. The third-order valence-electron chi connectivity index (χ3n) is 3.59. The molecular weight excluding hydrogens is 220 g/mol. The van der Waals surface area contributed by atoms with Gasteiger partial charge in [0.25, 0.3) is 0 Å². The Hall–Kier alpha value is -1.70. The van der Waals surface area contributed by atoms with Crippen LogP contribution in [0.2, 0.25) is 0 Å².